The average molecular weight is 374 g/mol. The summed E-state index contributed by atoms with van der Waals surface area (Å²) in [6.07, 6.45) is -0.521. The molecule has 1 unspecified atom stereocenters. The SMILES string of the molecule is CC(=O)c1ccc(NC(=O)C(C)O/N=C(/N)Cc2ccccc2Cl)cc1. The lowest BCUT2D eigenvalue weighted by Crippen LogP contribution is -2.27. The molecule has 0 aliphatic heterocycles. The van der Waals surface area contributed by atoms with E-state index in [9.17, 15) is 9.59 Å². The van der Waals surface area contributed by atoms with Crippen LogP contribution in [0.25, 0.3) is 0 Å². The highest BCUT2D eigenvalue weighted by Gasteiger charge is 2.15. The zero-order chi connectivity index (χ0) is 19.1. The maximum Gasteiger partial charge on any atom is 0.267 e. The summed E-state index contributed by atoms with van der Waals surface area (Å²) in [6, 6.07) is 13.9. The van der Waals surface area contributed by atoms with E-state index in [1.165, 1.54) is 6.92 Å². The highest BCUT2D eigenvalue weighted by Crippen LogP contribution is 2.15. The number of nitrogens with zero attached hydrogens (tertiary/aromatic N) is 1. The number of carbonyl (C=O) groups excluding carboxylic acids is 2. The number of carbonyl (C=O) groups is 2. The van der Waals surface area contributed by atoms with Crippen molar-refractivity contribution in [2.75, 3.05) is 5.32 Å². The van der Waals surface area contributed by atoms with Crippen molar-refractivity contribution in [1.29, 1.82) is 0 Å². The summed E-state index contributed by atoms with van der Waals surface area (Å²) in [5, 5.41) is 7.06. The number of oxime groups is 1. The van der Waals surface area contributed by atoms with Crippen LogP contribution < -0.4 is 11.1 Å². The first-order chi connectivity index (χ1) is 12.4. The van der Waals surface area contributed by atoms with Gasteiger partial charge in [0.05, 0.1) is 0 Å². The standard InChI is InChI=1S/C19H20ClN3O3/c1-12(24)14-7-9-16(10-8-14)22-19(25)13(2)26-23-18(21)11-15-5-3-4-6-17(15)20/h3-10,13H,11H2,1-2H3,(H2,21,23)(H,22,25). The fourth-order valence-corrected chi connectivity index (χ4v) is 2.30. The lowest BCUT2D eigenvalue weighted by molar-refractivity contribution is -0.126. The summed E-state index contributed by atoms with van der Waals surface area (Å²) in [5.41, 5.74) is 7.78. The van der Waals surface area contributed by atoms with Crippen molar-refractivity contribution < 1.29 is 14.4 Å². The number of ketones is 1. The summed E-state index contributed by atoms with van der Waals surface area (Å²) < 4.78 is 0. The Kier molecular flexibility index (Phi) is 6.74. The van der Waals surface area contributed by atoms with Crippen molar-refractivity contribution in [1.82, 2.24) is 0 Å². The normalized spacial score (nSPS) is 12.3. The first-order valence-corrected chi connectivity index (χ1v) is 8.38. The molecule has 0 bridgehead atoms. The first-order valence-electron chi connectivity index (χ1n) is 8.00. The second-order valence-corrected chi connectivity index (χ2v) is 6.13. The van der Waals surface area contributed by atoms with Crippen LogP contribution in [0.1, 0.15) is 29.8 Å². The molecule has 2 aromatic carbocycles. The minimum Gasteiger partial charge on any atom is -0.384 e. The molecule has 0 saturated carbocycles. The number of nitrogens with one attached hydrogen (secondary N) is 1. The largest absolute Gasteiger partial charge is 0.384 e. The highest BCUT2D eigenvalue weighted by molar-refractivity contribution is 6.31. The quantitative estimate of drug-likeness (QED) is 0.336. The van der Waals surface area contributed by atoms with E-state index < -0.39 is 6.10 Å². The fraction of sp³-hybridized carbons (Fsp3) is 0.211. The second-order valence-electron chi connectivity index (χ2n) is 5.72. The summed E-state index contributed by atoms with van der Waals surface area (Å²) in [7, 11) is 0. The fourth-order valence-electron chi connectivity index (χ4n) is 2.10. The molecule has 2 rings (SSSR count). The van der Waals surface area contributed by atoms with Gasteiger partial charge in [-0.2, -0.15) is 0 Å². The molecule has 6 nitrogen and oxygen atoms in total. The molecule has 136 valence electrons. The van der Waals surface area contributed by atoms with Crippen LogP contribution in [0.5, 0.6) is 0 Å². The van der Waals surface area contributed by atoms with E-state index >= 15 is 0 Å². The maximum absolute atomic E-state index is 12.1. The predicted octanol–water partition coefficient (Wildman–Crippen LogP) is 3.40. The molecule has 0 saturated heterocycles. The van der Waals surface area contributed by atoms with Gasteiger partial charge in [0, 0.05) is 22.7 Å². The summed E-state index contributed by atoms with van der Waals surface area (Å²) in [5.74, 6) is -0.207. The van der Waals surface area contributed by atoms with Gasteiger partial charge in [0.1, 0.15) is 5.84 Å². The zero-order valence-corrected chi connectivity index (χ0v) is 15.3. The number of amidine groups is 1. The Hall–Kier alpha value is -2.86. The van der Waals surface area contributed by atoms with E-state index in [4.69, 9.17) is 22.2 Å². The van der Waals surface area contributed by atoms with Crippen molar-refractivity contribution in [2.24, 2.45) is 10.9 Å². The number of anilines is 1. The molecule has 2 aromatic rings. The van der Waals surface area contributed by atoms with Crippen LogP contribution in [0.2, 0.25) is 5.02 Å². The van der Waals surface area contributed by atoms with Crippen molar-refractivity contribution in [3.8, 4) is 0 Å². The summed E-state index contributed by atoms with van der Waals surface area (Å²) >= 11 is 6.07. The molecule has 26 heavy (non-hydrogen) atoms. The van der Waals surface area contributed by atoms with E-state index in [1.807, 2.05) is 18.2 Å². The Labute approximate surface area is 157 Å². The van der Waals surface area contributed by atoms with Gasteiger partial charge in [0.15, 0.2) is 5.78 Å². The monoisotopic (exact) mass is 373 g/mol. The number of nitrogens with two attached hydrogens (primary N) is 1. The van der Waals surface area contributed by atoms with Crippen LogP contribution in [0.15, 0.2) is 53.7 Å². The van der Waals surface area contributed by atoms with Gasteiger partial charge in [-0.25, -0.2) is 0 Å². The van der Waals surface area contributed by atoms with Crippen molar-refractivity contribution in [2.45, 2.75) is 26.4 Å². The molecular weight excluding hydrogens is 354 g/mol. The van der Waals surface area contributed by atoms with Crippen LogP contribution in [0.3, 0.4) is 0 Å². The number of benzene rings is 2. The van der Waals surface area contributed by atoms with Crippen molar-refractivity contribution in [3.05, 3.63) is 64.7 Å². The van der Waals surface area contributed by atoms with Gasteiger partial charge in [0.2, 0.25) is 6.10 Å². The summed E-state index contributed by atoms with van der Waals surface area (Å²) in [6.45, 7) is 3.04. The predicted molar refractivity (Wildman–Crippen MR) is 102 cm³/mol. The minimum absolute atomic E-state index is 0.0390. The third-order valence-corrected chi connectivity index (χ3v) is 3.95. The minimum atomic E-state index is -0.840. The number of hydrogen-bond acceptors (Lipinski definition) is 4. The third kappa shape index (κ3) is 5.60. The van der Waals surface area contributed by atoms with Crippen LogP contribution in [-0.4, -0.2) is 23.6 Å². The van der Waals surface area contributed by atoms with Gasteiger partial charge < -0.3 is 15.9 Å². The van der Waals surface area contributed by atoms with E-state index in [2.05, 4.69) is 10.5 Å². The molecule has 0 aromatic heterocycles. The molecule has 1 amide bonds. The number of amides is 1. The smallest absolute Gasteiger partial charge is 0.267 e. The Bertz CT molecular complexity index is 819. The molecular formula is C19H20ClN3O3. The van der Waals surface area contributed by atoms with Gasteiger partial charge in [-0.05, 0) is 49.7 Å². The molecule has 0 spiro atoms. The molecule has 1 atom stereocenters. The lowest BCUT2D eigenvalue weighted by atomic mass is 10.1. The molecule has 0 aliphatic carbocycles. The maximum atomic E-state index is 12.1. The van der Waals surface area contributed by atoms with Crippen LogP contribution in [0.4, 0.5) is 5.69 Å². The third-order valence-electron chi connectivity index (χ3n) is 3.59. The van der Waals surface area contributed by atoms with E-state index in [-0.39, 0.29) is 17.5 Å². The van der Waals surface area contributed by atoms with Gasteiger partial charge in [-0.15, -0.1) is 0 Å². The van der Waals surface area contributed by atoms with Crippen LogP contribution in [0, 0.1) is 0 Å². The number of halogens is 1. The van der Waals surface area contributed by atoms with Gasteiger partial charge in [0.25, 0.3) is 5.91 Å². The van der Waals surface area contributed by atoms with E-state index in [1.54, 1.807) is 37.3 Å². The Morgan fingerprint density at radius 2 is 1.85 bits per heavy atom. The number of rotatable bonds is 7. The number of hydrogen-bond donors (Lipinski definition) is 2. The van der Waals surface area contributed by atoms with Crippen molar-refractivity contribution >= 4 is 34.8 Å². The van der Waals surface area contributed by atoms with Crippen LogP contribution in [-0.2, 0) is 16.1 Å². The average Bonchev–Trinajstić information content (AvgIpc) is 2.62. The van der Waals surface area contributed by atoms with Gasteiger partial charge in [-0.1, -0.05) is 35.0 Å². The highest BCUT2D eigenvalue weighted by atomic mass is 35.5. The Morgan fingerprint density at radius 3 is 2.46 bits per heavy atom. The molecule has 7 heteroatoms. The van der Waals surface area contributed by atoms with E-state index in [0.717, 1.165) is 5.56 Å². The van der Waals surface area contributed by atoms with Gasteiger partial charge in [-0.3, -0.25) is 9.59 Å². The summed E-state index contributed by atoms with van der Waals surface area (Å²) in [4.78, 5) is 28.5. The Morgan fingerprint density at radius 1 is 1.19 bits per heavy atom. The topological polar surface area (TPSA) is 93.8 Å². The first kappa shape index (κ1) is 19.5. The second kappa shape index (κ2) is 9.01. The molecule has 0 heterocycles. The molecule has 3 N–H and O–H groups in total. The zero-order valence-electron chi connectivity index (χ0n) is 14.5. The lowest BCUT2D eigenvalue weighted by Gasteiger charge is -2.11. The number of Topliss-reactive ketones (excluding diaryl/α,β-unsaturated/α-hetero) is 1. The van der Waals surface area contributed by atoms with Gasteiger partial charge >= 0.3 is 0 Å². The molecule has 0 aliphatic rings. The van der Waals surface area contributed by atoms with Crippen LogP contribution >= 0.6 is 11.6 Å². The van der Waals surface area contributed by atoms with E-state index in [0.29, 0.717) is 22.7 Å². The molecule has 0 fully saturated rings. The molecule has 0 radical (unpaired) electrons. The Balaban J connectivity index is 1.89. The van der Waals surface area contributed by atoms with Crippen molar-refractivity contribution in [3.63, 3.8) is 0 Å².